The Kier molecular flexibility index (Phi) is 4.80. The molecule has 0 saturated carbocycles. The van der Waals surface area contributed by atoms with Crippen molar-refractivity contribution in [1.29, 1.82) is 0 Å². The van der Waals surface area contributed by atoms with E-state index in [4.69, 9.17) is 9.47 Å². The molecule has 2 aromatic rings. The van der Waals surface area contributed by atoms with Crippen molar-refractivity contribution in [1.82, 2.24) is 14.8 Å². The van der Waals surface area contributed by atoms with Crippen LogP contribution in [0.1, 0.15) is 32.4 Å². The zero-order chi connectivity index (χ0) is 18.1. The van der Waals surface area contributed by atoms with E-state index in [-0.39, 0.29) is 12.1 Å². The van der Waals surface area contributed by atoms with Gasteiger partial charge in [0, 0.05) is 5.70 Å². The number of nitrogens with zero attached hydrogens (tertiary/aromatic N) is 3. The van der Waals surface area contributed by atoms with Crippen molar-refractivity contribution in [3.8, 4) is 5.75 Å². The zero-order valence-corrected chi connectivity index (χ0v) is 16.0. The van der Waals surface area contributed by atoms with E-state index in [1.807, 2.05) is 39.0 Å². The molecule has 8 heteroatoms. The molecule has 1 aliphatic rings. The Balaban J connectivity index is 2.12. The molecule has 1 aromatic carbocycles. The summed E-state index contributed by atoms with van der Waals surface area (Å²) in [6.45, 7) is 5.48. The van der Waals surface area contributed by atoms with Gasteiger partial charge in [0.1, 0.15) is 18.1 Å². The molecule has 0 saturated heterocycles. The molecular formula is C17H19BrN4O3. The van der Waals surface area contributed by atoms with Gasteiger partial charge in [-0.05, 0) is 54.4 Å². The highest BCUT2D eigenvalue weighted by Gasteiger charge is 2.34. The predicted octanol–water partition coefficient (Wildman–Crippen LogP) is 3.29. The second-order valence-corrected chi connectivity index (χ2v) is 6.80. The molecule has 0 spiro atoms. The molecular weight excluding hydrogens is 388 g/mol. The van der Waals surface area contributed by atoms with Gasteiger partial charge in [-0.25, -0.2) is 9.48 Å². The van der Waals surface area contributed by atoms with Gasteiger partial charge in [0.2, 0.25) is 5.95 Å². The Hall–Kier alpha value is -2.35. The molecule has 3 rings (SSSR count). The summed E-state index contributed by atoms with van der Waals surface area (Å²) in [5.41, 5.74) is 2.07. The molecule has 0 fully saturated rings. The van der Waals surface area contributed by atoms with Gasteiger partial charge in [0.05, 0.1) is 23.3 Å². The molecule has 132 valence electrons. The van der Waals surface area contributed by atoms with E-state index >= 15 is 0 Å². The third-order valence-corrected chi connectivity index (χ3v) is 4.47. The van der Waals surface area contributed by atoms with E-state index in [9.17, 15) is 4.79 Å². The number of halogens is 1. The number of esters is 1. The van der Waals surface area contributed by atoms with Crippen LogP contribution in [0.25, 0.3) is 0 Å². The summed E-state index contributed by atoms with van der Waals surface area (Å²) >= 11 is 3.50. The van der Waals surface area contributed by atoms with E-state index < -0.39 is 6.04 Å². The van der Waals surface area contributed by atoms with Gasteiger partial charge in [-0.3, -0.25) is 0 Å². The van der Waals surface area contributed by atoms with Crippen molar-refractivity contribution in [2.24, 2.45) is 0 Å². The highest BCUT2D eigenvalue weighted by atomic mass is 79.9. The van der Waals surface area contributed by atoms with E-state index in [0.29, 0.717) is 23.0 Å². The van der Waals surface area contributed by atoms with Crippen LogP contribution in [0.15, 0.2) is 40.3 Å². The molecule has 1 aliphatic heterocycles. The third kappa shape index (κ3) is 3.26. The maximum atomic E-state index is 12.7. The van der Waals surface area contributed by atoms with Gasteiger partial charge in [0.15, 0.2) is 0 Å². The first-order valence-electron chi connectivity index (χ1n) is 7.84. The highest BCUT2D eigenvalue weighted by molar-refractivity contribution is 9.10. The molecule has 0 aliphatic carbocycles. The topological polar surface area (TPSA) is 78.3 Å². The average Bonchev–Trinajstić information content (AvgIpc) is 3.00. The van der Waals surface area contributed by atoms with Crippen LogP contribution >= 0.6 is 15.9 Å². The molecule has 1 unspecified atom stereocenters. The first-order valence-corrected chi connectivity index (χ1v) is 8.63. The van der Waals surface area contributed by atoms with Crippen LogP contribution in [-0.4, -0.2) is 33.9 Å². The van der Waals surface area contributed by atoms with Crippen molar-refractivity contribution < 1.29 is 14.3 Å². The maximum absolute atomic E-state index is 12.7. The molecule has 7 nitrogen and oxygen atoms in total. The molecule has 1 aromatic heterocycles. The van der Waals surface area contributed by atoms with Crippen molar-refractivity contribution >= 4 is 27.8 Å². The Bertz CT molecular complexity index is 844. The molecule has 1 atom stereocenters. The minimum atomic E-state index is -0.438. The molecule has 0 radical (unpaired) electrons. The molecule has 0 amide bonds. The summed E-state index contributed by atoms with van der Waals surface area (Å²) in [5, 5.41) is 7.40. The first-order chi connectivity index (χ1) is 11.9. The number of hydrogen-bond donors (Lipinski definition) is 1. The fraction of sp³-hybridized carbons (Fsp3) is 0.353. The van der Waals surface area contributed by atoms with Crippen molar-refractivity contribution in [2.45, 2.75) is 32.9 Å². The predicted molar refractivity (Wildman–Crippen MR) is 96.4 cm³/mol. The number of nitrogens with one attached hydrogen (secondary N) is 1. The molecule has 2 heterocycles. The number of anilines is 1. The van der Waals surface area contributed by atoms with Crippen LogP contribution in [0, 0.1) is 0 Å². The lowest BCUT2D eigenvalue weighted by Gasteiger charge is -2.28. The van der Waals surface area contributed by atoms with E-state index in [2.05, 4.69) is 31.3 Å². The van der Waals surface area contributed by atoms with Gasteiger partial charge < -0.3 is 14.8 Å². The minimum Gasteiger partial charge on any atom is -0.496 e. The summed E-state index contributed by atoms with van der Waals surface area (Å²) in [7, 11) is 1.61. The molecule has 1 N–H and O–H groups in total. The van der Waals surface area contributed by atoms with Crippen molar-refractivity contribution in [3.05, 3.63) is 45.8 Å². The Morgan fingerprint density at radius 3 is 2.80 bits per heavy atom. The number of benzene rings is 1. The lowest BCUT2D eigenvalue weighted by Crippen LogP contribution is -2.30. The Morgan fingerprint density at radius 1 is 1.40 bits per heavy atom. The summed E-state index contributed by atoms with van der Waals surface area (Å²) in [5.74, 6) is 0.914. The number of carbonyl (C=O) groups is 1. The van der Waals surface area contributed by atoms with Crippen molar-refractivity contribution in [2.75, 3.05) is 12.4 Å². The number of methoxy groups -OCH3 is 1. The quantitative estimate of drug-likeness (QED) is 0.784. The van der Waals surface area contributed by atoms with Crippen LogP contribution < -0.4 is 10.1 Å². The van der Waals surface area contributed by atoms with Gasteiger partial charge in [-0.15, -0.1) is 0 Å². The number of allylic oxidation sites excluding steroid dienone is 1. The van der Waals surface area contributed by atoms with Crippen LogP contribution in [0.4, 0.5) is 5.95 Å². The summed E-state index contributed by atoms with van der Waals surface area (Å²) in [6, 6.07) is 5.22. The summed E-state index contributed by atoms with van der Waals surface area (Å²) in [4.78, 5) is 16.9. The fourth-order valence-corrected chi connectivity index (χ4v) is 3.35. The van der Waals surface area contributed by atoms with Gasteiger partial charge in [-0.1, -0.05) is 6.07 Å². The SMILES string of the molecule is COc1ccc(C2C(C(=O)OC(C)C)=C(C)Nc3ncnn32)cc1Br. The normalized spacial score (nSPS) is 16.5. The van der Waals surface area contributed by atoms with E-state index in [0.717, 1.165) is 10.0 Å². The Labute approximate surface area is 154 Å². The maximum Gasteiger partial charge on any atom is 0.338 e. The standard InChI is InChI=1S/C17H19BrN4O3/c1-9(2)25-16(23)14-10(3)21-17-19-8-20-22(17)15(14)11-5-6-13(24-4)12(18)7-11/h5-9,15H,1-4H3,(H,19,20,21). The molecule has 25 heavy (non-hydrogen) atoms. The fourth-order valence-electron chi connectivity index (χ4n) is 2.79. The number of fused-ring (bicyclic) bond motifs is 1. The second kappa shape index (κ2) is 6.87. The number of ether oxygens (including phenoxy) is 2. The first kappa shape index (κ1) is 17.5. The highest BCUT2D eigenvalue weighted by Crippen LogP contribution is 2.38. The largest absolute Gasteiger partial charge is 0.496 e. The third-order valence-electron chi connectivity index (χ3n) is 3.85. The number of hydrogen-bond acceptors (Lipinski definition) is 6. The van der Waals surface area contributed by atoms with Crippen molar-refractivity contribution in [3.63, 3.8) is 0 Å². The number of carbonyl (C=O) groups excluding carboxylic acids is 1. The molecule has 0 bridgehead atoms. The van der Waals surface area contributed by atoms with E-state index in [1.54, 1.807) is 11.8 Å². The second-order valence-electron chi connectivity index (χ2n) is 5.94. The van der Waals surface area contributed by atoms with Crippen LogP contribution in [-0.2, 0) is 9.53 Å². The average molecular weight is 407 g/mol. The van der Waals surface area contributed by atoms with Crippen LogP contribution in [0.5, 0.6) is 5.75 Å². The van der Waals surface area contributed by atoms with Crippen LogP contribution in [0.2, 0.25) is 0 Å². The van der Waals surface area contributed by atoms with Gasteiger partial charge in [0.25, 0.3) is 0 Å². The number of aromatic nitrogens is 3. The van der Waals surface area contributed by atoms with E-state index in [1.165, 1.54) is 6.33 Å². The monoisotopic (exact) mass is 406 g/mol. The number of rotatable bonds is 4. The smallest absolute Gasteiger partial charge is 0.338 e. The van der Waals surface area contributed by atoms with Crippen LogP contribution in [0.3, 0.4) is 0 Å². The summed E-state index contributed by atoms with van der Waals surface area (Å²) < 4.78 is 13.2. The van der Waals surface area contributed by atoms with Gasteiger partial charge >= 0.3 is 5.97 Å². The Morgan fingerprint density at radius 2 is 2.16 bits per heavy atom. The van der Waals surface area contributed by atoms with Gasteiger partial charge in [-0.2, -0.15) is 10.1 Å². The zero-order valence-electron chi connectivity index (χ0n) is 14.4. The lowest BCUT2D eigenvalue weighted by molar-refractivity contribution is -0.143. The minimum absolute atomic E-state index is 0.215. The summed E-state index contributed by atoms with van der Waals surface area (Å²) in [6.07, 6.45) is 1.24. The lowest BCUT2D eigenvalue weighted by atomic mass is 9.95.